The molecule has 1 saturated carbocycles. The van der Waals surface area contributed by atoms with E-state index in [-0.39, 0.29) is 5.13 Å². The molecule has 3 rings (SSSR count). The lowest BCUT2D eigenvalue weighted by Crippen LogP contribution is -2.11. The molecule has 0 aliphatic heterocycles. The van der Waals surface area contributed by atoms with E-state index in [1.807, 2.05) is 12.3 Å². The fourth-order valence-electron chi connectivity index (χ4n) is 2.61. The van der Waals surface area contributed by atoms with Crippen molar-refractivity contribution in [3.8, 4) is 0 Å². The van der Waals surface area contributed by atoms with Crippen LogP contribution in [0.25, 0.3) is 0 Å². The van der Waals surface area contributed by atoms with Gasteiger partial charge in [0.05, 0.1) is 12.2 Å². The zero-order valence-corrected chi connectivity index (χ0v) is 11.6. The van der Waals surface area contributed by atoms with E-state index in [0.29, 0.717) is 12.6 Å². The largest absolute Gasteiger partial charge is 0.308 e. The molecule has 19 heavy (non-hydrogen) atoms. The minimum Gasteiger partial charge on any atom is -0.308 e. The smallest absolute Gasteiger partial charge is 0.176 e. The first-order valence-corrected chi connectivity index (χ1v) is 7.61. The van der Waals surface area contributed by atoms with E-state index < -0.39 is 0 Å². The molecule has 2 heterocycles. The Morgan fingerprint density at radius 3 is 2.89 bits per heavy atom. The topological polar surface area (TPSA) is 29.9 Å². The maximum atomic E-state index is 12.8. The monoisotopic (exact) mass is 279 g/mol. The Bertz CT molecular complexity index is 528. The Morgan fingerprint density at radius 1 is 1.32 bits per heavy atom. The van der Waals surface area contributed by atoms with Crippen LogP contribution in [0.1, 0.15) is 42.2 Å². The van der Waals surface area contributed by atoms with Crippen LogP contribution < -0.4 is 5.32 Å². The fraction of sp³-hybridized carbons (Fsp3) is 0.500. The molecule has 102 valence electrons. The van der Waals surface area contributed by atoms with Gasteiger partial charge in [0.15, 0.2) is 5.13 Å². The van der Waals surface area contributed by atoms with Crippen LogP contribution in [0.3, 0.4) is 0 Å². The van der Waals surface area contributed by atoms with Crippen molar-refractivity contribution in [2.75, 3.05) is 0 Å². The highest BCUT2D eigenvalue weighted by atomic mass is 32.1. The molecule has 1 fully saturated rings. The summed E-state index contributed by atoms with van der Waals surface area (Å²) in [5, 5.41) is 7.65. The van der Waals surface area contributed by atoms with Gasteiger partial charge in [0, 0.05) is 29.7 Å². The van der Waals surface area contributed by atoms with Crippen molar-refractivity contribution < 1.29 is 4.39 Å². The van der Waals surface area contributed by atoms with Gasteiger partial charge in [-0.3, -0.25) is 4.68 Å². The maximum Gasteiger partial charge on any atom is 0.176 e. The molecule has 0 atom stereocenters. The number of hydrogen-bond acceptors (Lipinski definition) is 3. The van der Waals surface area contributed by atoms with E-state index in [0.717, 1.165) is 11.4 Å². The van der Waals surface area contributed by atoms with Crippen molar-refractivity contribution in [1.29, 1.82) is 0 Å². The fourth-order valence-corrected chi connectivity index (χ4v) is 3.31. The zero-order valence-electron chi connectivity index (χ0n) is 10.8. The third kappa shape index (κ3) is 3.22. The Labute approximate surface area is 116 Å². The minimum absolute atomic E-state index is 0.120. The van der Waals surface area contributed by atoms with Gasteiger partial charge in [-0.2, -0.15) is 9.49 Å². The highest BCUT2D eigenvalue weighted by Crippen LogP contribution is 2.28. The molecule has 0 bridgehead atoms. The number of nitrogens with zero attached hydrogens (tertiary/aromatic N) is 2. The second-order valence-corrected chi connectivity index (χ2v) is 6.19. The summed E-state index contributed by atoms with van der Waals surface area (Å²) in [6.07, 6.45) is 9.22. The molecule has 1 aliphatic carbocycles. The summed E-state index contributed by atoms with van der Waals surface area (Å²) in [4.78, 5) is 1.03. The normalized spacial score (nSPS) is 16.3. The Balaban J connectivity index is 1.50. The molecule has 2 aromatic heterocycles. The van der Waals surface area contributed by atoms with E-state index in [4.69, 9.17) is 0 Å². The van der Waals surface area contributed by atoms with Gasteiger partial charge in [-0.15, -0.1) is 11.3 Å². The molecule has 5 heteroatoms. The highest BCUT2D eigenvalue weighted by Gasteiger charge is 2.17. The first-order chi connectivity index (χ1) is 9.31. The van der Waals surface area contributed by atoms with Crippen LogP contribution in [0.5, 0.6) is 0 Å². The first kappa shape index (κ1) is 12.8. The molecule has 1 N–H and O–H groups in total. The molecule has 0 saturated heterocycles. The van der Waals surface area contributed by atoms with E-state index in [9.17, 15) is 4.39 Å². The van der Waals surface area contributed by atoms with Gasteiger partial charge in [0.1, 0.15) is 0 Å². The van der Waals surface area contributed by atoms with Crippen molar-refractivity contribution in [3.63, 3.8) is 0 Å². The summed E-state index contributed by atoms with van der Waals surface area (Å²) in [6.45, 7) is 1.50. The number of rotatable bonds is 5. The number of aromatic nitrogens is 2. The van der Waals surface area contributed by atoms with Gasteiger partial charge in [0.2, 0.25) is 0 Å². The average Bonchev–Trinajstić information content (AvgIpc) is 3.09. The molecule has 1 aliphatic rings. The molecular formula is C14H18FN3S. The lowest BCUT2D eigenvalue weighted by atomic mass is 10.2. The standard InChI is InChI=1S/C14H18FN3S/c15-14-6-5-13(19-14)9-16-7-11-8-17-18(10-11)12-3-1-2-4-12/h5-6,8,10,12,16H,1-4,7,9H2. The molecule has 3 nitrogen and oxygen atoms in total. The van der Waals surface area contributed by atoms with Crippen LogP contribution in [0.15, 0.2) is 24.5 Å². The van der Waals surface area contributed by atoms with Crippen LogP contribution >= 0.6 is 11.3 Å². The summed E-state index contributed by atoms with van der Waals surface area (Å²) in [5.41, 5.74) is 1.20. The van der Waals surface area contributed by atoms with Crippen molar-refractivity contribution >= 4 is 11.3 Å². The van der Waals surface area contributed by atoms with E-state index >= 15 is 0 Å². The molecule has 0 unspecified atom stereocenters. The van der Waals surface area contributed by atoms with Gasteiger partial charge in [-0.1, -0.05) is 12.8 Å². The molecule has 2 aromatic rings. The third-order valence-electron chi connectivity index (χ3n) is 3.61. The Hall–Kier alpha value is -1.20. The van der Waals surface area contributed by atoms with Crippen LogP contribution in [0, 0.1) is 5.13 Å². The summed E-state index contributed by atoms with van der Waals surface area (Å²) in [7, 11) is 0. The molecule has 0 amide bonds. The second-order valence-electron chi connectivity index (χ2n) is 5.08. The average molecular weight is 279 g/mol. The Kier molecular flexibility index (Phi) is 3.94. The minimum atomic E-state index is -0.120. The summed E-state index contributed by atoms with van der Waals surface area (Å²) in [6, 6.07) is 3.94. The van der Waals surface area contributed by atoms with Gasteiger partial charge >= 0.3 is 0 Å². The number of hydrogen-bond donors (Lipinski definition) is 1. The van der Waals surface area contributed by atoms with Crippen LogP contribution in [0.4, 0.5) is 4.39 Å². The first-order valence-electron chi connectivity index (χ1n) is 6.79. The van der Waals surface area contributed by atoms with Gasteiger partial charge < -0.3 is 5.32 Å². The third-order valence-corrected chi connectivity index (χ3v) is 4.48. The molecule has 0 spiro atoms. The number of nitrogens with one attached hydrogen (secondary N) is 1. The summed E-state index contributed by atoms with van der Waals surface area (Å²) in [5.74, 6) is 0. The lowest BCUT2D eigenvalue weighted by molar-refractivity contribution is 0.466. The van der Waals surface area contributed by atoms with Gasteiger partial charge in [-0.25, -0.2) is 0 Å². The maximum absolute atomic E-state index is 12.8. The van der Waals surface area contributed by atoms with E-state index in [2.05, 4.69) is 21.3 Å². The number of halogens is 1. The number of thiophene rings is 1. The highest BCUT2D eigenvalue weighted by molar-refractivity contribution is 7.10. The predicted molar refractivity (Wildman–Crippen MR) is 74.6 cm³/mol. The summed E-state index contributed by atoms with van der Waals surface area (Å²) < 4.78 is 14.9. The quantitative estimate of drug-likeness (QED) is 0.908. The van der Waals surface area contributed by atoms with Crippen molar-refractivity contribution in [2.24, 2.45) is 0 Å². The van der Waals surface area contributed by atoms with Crippen molar-refractivity contribution in [1.82, 2.24) is 15.1 Å². The van der Waals surface area contributed by atoms with Crippen LogP contribution in [0.2, 0.25) is 0 Å². The van der Waals surface area contributed by atoms with E-state index in [1.54, 1.807) is 0 Å². The summed E-state index contributed by atoms with van der Waals surface area (Å²) >= 11 is 1.20. The second kappa shape index (κ2) is 5.84. The lowest BCUT2D eigenvalue weighted by Gasteiger charge is -2.08. The van der Waals surface area contributed by atoms with Crippen molar-refractivity contribution in [2.45, 2.75) is 44.8 Å². The molecule has 0 radical (unpaired) electrons. The van der Waals surface area contributed by atoms with Crippen LogP contribution in [-0.4, -0.2) is 9.78 Å². The van der Waals surface area contributed by atoms with Crippen LogP contribution in [-0.2, 0) is 13.1 Å². The zero-order chi connectivity index (χ0) is 13.1. The van der Waals surface area contributed by atoms with Gasteiger partial charge in [0.25, 0.3) is 0 Å². The molecular weight excluding hydrogens is 261 g/mol. The Morgan fingerprint density at radius 2 is 2.16 bits per heavy atom. The SMILES string of the molecule is Fc1ccc(CNCc2cnn(C3CCCC3)c2)s1. The van der Waals surface area contributed by atoms with Crippen molar-refractivity contribution in [3.05, 3.63) is 40.1 Å². The van der Waals surface area contributed by atoms with E-state index in [1.165, 1.54) is 48.6 Å². The molecule has 0 aromatic carbocycles. The van der Waals surface area contributed by atoms with Gasteiger partial charge in [-0.05, 0) is 25.0 Å². The predicted octanol–water partition coefficient (Wildman–Crippen LogP) is 3.49.